The van der Waals surface area contributed by atoms with E-state index in [-0.39, 0.29) is 5.82 Å². The number of anilines is 1. The lowest BCUT2D eigenvalue weighted by Crippen LogP contribution is -2.31. The highest BCUT2D eigenvalue weighted by molar-refractivity contribution is 5.47. The zero-order valence-electron chi connectivity index (χ0n) is 12.5. The third-order valence-corrected chi connectivity index (χ3v) is 2.82. The van der Waals surface area contributed by atoms with E-state index in [0.29, 0.717) is 32.3 Å². The van der Waals surface area contributed by atoms with Crippen molar-refractivity contribution in [2.45, 2.75) is 26.4 Å². The van der Waals surface area contributed by atoms with Crippen LogP contribution in [0.1, 0.15) is 19.4 Å². The number of ether oxygens (including phenoxy) is 1. The van der Waals surface area contributed by atoms with E-state index in [1.165, 1.54) is 12.3 Å². The molecule has 5 heteroatoms. The van der Waals surface area contributed by atoms with Crippen LogP contribution >= 0.6 is 0 Å². The Morgan fingerprint density at radius 2 is 2.30 bits per heavy atom. The van der Waals surface area contributed by atoms with Crippen LogP contribution in [0.15, 0.2) is 24.9 Å². The fourth-order valence-electron chi connectivity index (χ4n) is 1.84. The van der Waals surface area contributed by atoms with E-state index < -0.39 is 0 Å². The topological polar surface area (TPSA) is 37.4 Å². The molecule has 112 valence electrons. The summed E-state index contributed by atoms with van der Waals surface area (Å²) in [5, 5.41) is 3.29. The van der Waals surface area contributed by atoms with E-state index in [4.69, 9.17) is 4.74 Å². The third kappa shape index (κ3) is 5.27. The fourth-order valence-corrected chi connectivity index (χ4v) is 1.84. The molecule has 0 atom stereocenters. The first kappa shape index (κ1) is 16.6. The maximum atomic E-state index is 13.4. The van der Waals surface area contributed by atoms with Gasteiger partial charge in [0.2, 0.25) is 0 Å². The molecule has 0 saturated carbocycles. The molecule has 1 aromatic heterocycles. The Balaban J connectivity index is 2.95. The Labute approximate surface area is 120 Å². The molecule has 0 aliphatic rings. The van der Waals surface area contributed by atoms with Crippen LogP contribution in [0.4, 0.5) is 10.2 Å². The van der Waals surface area contributed by atoms with Crippen molar-refractivity contribution < 1.29 is 9.13 Å². The van der Waals surface area contributed by atoms with E-state index in [0.717, 1.165) is 11.4 Å². The summed E-state index contributed by atoms with van der Waals surface area (Å²) in [5.41, 5.74) is 0.844. The van der Waals surface area contributed by atoms with Gasteiger partial charge in [-0.2, -0.15) is 0 Å². The van der Waals surface area contributed by atoms with Gasteiger partial charge in [0.15, 0.2) is 0 Å². The molecule has 0 bridgehead atoms. The van der Waals surface area contributed by atoms with Gasteiger partial charge in [-0.3, -0.25) is 0 Å². The summed E-state index contributed by atoms with van der Waals surface area (Å²) < 4.78 is 18.5. The van der Waals surface area contributed by atoms with Gasteiger partial charge in [-0.1, -0.05) is 19.9 Å². The molecule has 0 saturated heterocycles. The van der Waals surface area contributed by atoms with Gasteiger partial charge >= 0.3 is 0 Å². The zero-order chi connectivity index (χ0) is 15.0. The summed E-state index contributed by atoms with van der Waals surface area (Å²) in [6, 6.07) is 1.86. The minimum Gasteiger partial charge on any atom is -0.383 e. The minimum atomic E-state index is -0.320. The number of hydrogen-bond acceptors (Lipinski definition) is 4. The molecular formula is C15H24FN3O. The molecule has 0 fully saturated rings. The number of halogens is 1. The van der Waals surface area contributed by atoms with Gasteiger partial charge in [-0.25, -0.2) is 9.37 Å². The number of nitrogens with one attached hydrogen (secondary N) is 1. The van der Waals surface area contributed by atoms with E-state index in [1.54, 1.807) is 13.2 Å². The molecule has 0 aliphatic heterocycles. The SMILES string of the molecule is C=CCN(CCOC)c1ncc(F)cc1CNC(C)C. The van der Waals surface area contributed by atoms with Crippen LogP contribution < -0.4 is 10.2 Å². The van der Waals surface area contributed by atoms with Gasteiger partial charge in [-0.05, 0) is 6.07 Å². The molecule has 1 aromatic rings. The van der Waals surface area contributed by atoms with E-state index in [2.05, 4.69) is 30.7 Å². The van der Waals surface area contributed by atoms with E-state index >= 15 is 0 Å². The second-order valence-corrected chi connectivity index (χ2v) is 4.90. The molecule has 0 unspecified atom stereocenters. The van der Waals surface area contributed by atoms with Crippen molar-refractivity contribution in [1.29, 1.82) is 0 Å². The molecule has 20 heavy (non-hydrogen) atoms. The van der Waals surface area contributed by atoms with Crippen LogP contribution in [0.5, 0.6) is 0 Å². The highest BCUT2D eigenvalue weighted by atomic mass is 19.1. The number of hydrogen-bond donors (Lipinski definition) is 1. The Kier molecular flexibility index (Phi) is 7.18. The third-order valence-electron chi connectivity index (χ3n) is 2.82. The maximum Gasteiger partial charge on any atom is 0.141 e. The van der Waals surface area contributed by atoms with Crippen molar-refractivity contribution in [1.82, 2.24) is 10.3 Å². The van der Waals surface area contributed by atoms with E-state index in [9.17, 15) is 4.39 Å². The second-order valence-electron chi connectivity index (χ2n) is 4.90. The van der Waals surface area contributed by atoms with Gasteiger partial charge in [0.25, 0.3) is 0 Å². The summed E-state index contributed by atoms with van der Waals surface area (Å²) in [4.78, 5) is 6.27. The number of rotatable bonds is 9. The predicted octanol–water partition coefficient (Wildman–Crippen LogP) is 2.36. The van der Waals surface area contributed by atoms with Crippen molar-refractivity contribution in [2.24, 2.45) is 0 Å². The molecule has 0 spiro atoms. The first-order chi connectivity index (χ1) is 9.58. The summed E-state index contributed by atoms with van der Waals surface area (Å²) in [5.74, 6) is 0.455. The van der Waals surface area contributed by atoms with Gasteiger partial charge < -0.3 is 15.0 Å². The minimum absolute atomic E-state index is 0.320. The molecule has 1 N–H and O–H groups in total. The Hall–Kier alpha value is -1.46. The summed E-state index contributed by atoms with van der Waals surface area (Å²) in [6.07, 6.45) is 3.05. The number of pyridine rings is 1. The lowest BCUT2D eigenvalue weighted by atomic mass is 10.2. The first-order valence-electron chi connectivity index (χ1n) is 6.81. The van der Waals surface area contributed by atoms with Gasteiger partial charge in [0.1, 0.15) is 11.6 Å². The van der Waals surface area contributed by atoms with Crippen molar-refractivity contribution in [3.05, 3.63) is 36.3 Å². The van der Waals surface area contributed by atoms with Gasteiger partial charge in [0, 0.05) is 38.3 Å². The molecule has 4 nitrogen and oxygen atoms in total. The first-order valence-corrected chi connectivity index (χ1v) is 6.81. The lowest BCUT2D eigenvalue weighted by Gasteiger charge is -2.24. The predicted molar refractivity (Wildman–Crippen MR) is 80.5 cm³/mol. The molecule has 0 aliphatic carbocycles. The highest BCUT2D eigenvalue weighted by Gasteiger charge is 2.13. The van der Waals surface area contributed by atoms with Crippen molar-refractivity contribution in [2.75, 3.05) is 31.7 Å². The van der Waals surface area contributed by atoms with Crippen molar-refractivity contribution in [3.8, 4) is 0 Å². The van der Waals surface area contributed by atoms with Crippen LogP contribution in [0.3, 0.4) is 0 Å². The molecule has 0 radical (unpaired) electrons. The highest BCUT2D eigenvalue weighted by Crippen LogP contribution is 2.18. The summed E-state index contributed by atoms with van der Waals surface area (Å²) in [6.45, 7) is 10.4. The number of aromatic nitrogens is 1. The molecule has 1 rings (SSSR count). The van der Waals surface area contributed by atoms with Crippen LogP contribution in [0, 0.1) is 5.82 Å². The lowest BCUT2D eigenvalue weighted by molar-refractivity contribution is 0.205. The molecule has 0 amide bonds. The van der Waals surface area contributed by atoms with Crippen LogP contribution in [0.2, 0.25) is 0 Å². The van der Waals surface area contributed by atoms with Crippen LogP contribution in [-0.2, 0) is 11.3 Å². The summed E-state index contributed by atoms with van der Waals surface area (Å²) >= 11 is 0. The Bertz CT molecular complexity index is 424. The molecular weight excluding hydrogens is 257 g/mol. The van der Waals surface area contributed by atoms with Crippen molar-refractivity contribution >= 4 is 5.82 Å². The normalized spacial score (nSPS) is 10.8. The largest absolute Gasteiger partial charge is 0.383 e. The average Bonchev–Trinajstić information content (AvgIpc) is 2.41. The smallest absolute Gasteiger partial charge is 0.141 e. The Morgan fingerprint density at radius 1 is 1.55 bits per heavy atom. The number of methoxy groups -OCH3 is 1. The molecule has 0 aromatic carbocycles. The monoisotopic (exact) mass is 281 g/mol. The van der Waals surface area contributed by atoms with Crippen molar-refractivity contribution in [3.63, 3.8) is 0 Å². The summed E-state index contributed by atoms with van der Waals surface area (Å²) in [7, 11) is 1.66. The second kappa shape index (κ2) is 8.66. The Morgan fingerprint density at radius 3 is 2.90 bits per heavy atom. The molecule has 1 heterocycles. The quantitative estimate of drug-likeness (QED) is 0.705. The maximum absolute atomic E-state index is 13.4. The fraction of sp³-hybridized carbons (Fsp3) is 0.533. The van der Waals surface area contributed by atoms with E-state index in [1.807, 2.05) is 4.90 Å². The van der Waals surface area contributed by atoms with Crippen LogP contribution in [0.25, 0.3) is 0 Å². The standard InChI is InChI=1S/C15H24FN3O/c1-5-6-19(7-8-20-4)15-13(10-17-12(2)3)9-14(16)11-18-15/h5,9,11-12,17H,1,6-8,10H2,2-4H3. The van der Waals surface area contributed by atoms with Crippen LogP contribution in [-0.4, -0.2) is 37.8 Å². The average molecular weight is 281 g/mol. The zero-order valence-corrected chi connectivity index (χ0v) is 12.5. The van der Waals surface area contributed by atoms with Gasteiger partial charge in [0.05, 0.1) is 12.8 Å². The van der Waals surface area contributed by atoms with Gasteiger partial charge in [-0.15, -0.1) is 6.58 Å². The number of nitrogens with zero attached hydrogens (tertiary/aromatic N) is 2.